The maximum Gasteiger partial charge on any atom is 0.412 e. The summed E-state index contributed by atoms with van der Waals surface area (Å²) < 4.78 is 16.5. The van der Waals surface area contributed by atoms with E-state index in [0.717, 1.165) is 37.9 Å². The Morgan fingerprint density at radius 3 is 2.72 bits per heavy atom. The first kappa shape index (κ1) is 19.5. The topological polar surface area (TPSA) is 72.9 Å². The van der Waals surface area contributed by atoms with Gasteiger partial charge in [0, 0.05) is 24.4 Å². The van der Waals surface area contributed by atoms with Crippen LogP contribution >= 0.6 is 0 Å². The largest absolute Gasteiger partial charge is 0.497 e. The maximum atomic E-state index is 12.7. The summed E-state index contributed by atoms with van der Waals surface area (Å²) >= 11 is 0. The number of carbonyl (C=O) groups excluding carboxylic acids is 1. The second-order valence-electron chi connectivity index (χ2n) is 7.57. The first-order chi connectivity index (χ1) is 14.2. The van der Waals surface area contributed by atoms with E-state index >= 15 is 0 Å². The molecule has 1 amide bonds. The minimum Gasteiger partial charge on any atom is -0.497 e. The van der Waals surface area contributed by atoms with E-state index in [1.54, 1.807) is 38.6 Å². The summed E-state index contributed by atoms with van der Waals surface area (Å²) in [5.74, 6) is 1.59. The number of nitrogens with one attached hydrogen (secondary N) is 1. The quantitative estimate of drug-likeness (QED) is 0.806. The predicted molar refractivity (Wildman–Crippen MR) is 109 cm³/mol. The molecule has 5 rings (SSSR count). The van der Waals surface area contributed by atoms with Gasteiger partial charge in [0.2, 0.25) is 0 Å². The number of benzene rings is 1. The molecule has 1 aromatic heterocycles. The summed E-state index contributed by atoms with van der Waals surface area (Å²) in [6.45, 7) is 2.12. The summed E-state index contributed by atoms with van der Waals surface area (Å²) in [6.07, 6.45) is 6.03. The van der Waals surface area contributed by atoms with E-state index in [0.29, 0.717) is 23.1 Å². The molecule has 1 aromatic carbocycles. The summed E-state index contributed by atoms with van der Waals surface area (Å²) in [6, 6.07) is 9.46. The van der Waals surface area contributed by atoms with Gasteiger partial charge in [0.1, 0.15) is 17.6 Å². The molecule has 0 radical (unpaired) electrons. The van der Waals surface area contributed by atoms with Crippen LogP contribution in [0.25, 0.3) is 0 Å². The molecule has 4 heterocycles. The van der Waals surface area contributed by atoms with Crippen LogP contribution in [0.2, 0.25) is 0 Å². The minimum absolute atomic E-state index is 0.137. The third kappa shape index (κ3) is 4.29. The Hall–Kier alpha value is -2.80. The van der Waals surface area contributed by atoms with Gasteiger partial charge in [-0.15, -0.1) is 0 Å². The third-order valence-corrected chi connectivity index (χ3v) is 5.94. The highest BCUT2D eigenvalue weighted by atomic mass is 16.6. The number of ether oxygens (including phenoxy) is 3. The molecule has 3 aliphatic heterocycles. The van der Waals surface area contributed by atoms with E-state index in [9.17, 15) is 4.79 Å². The van der Waals surface area contributed by atoms with Crippen LogP contribution in [-0.4, -0.2) is 55.4 Å². The van der Waals surface area contributed by atoms with E-state index in [1.165, 1.54) is 0 Å². The third-order valence-electron chi connectivity index (χ3n) is 5.94. The second kappa shape index (κ2) is 8.69. The molecular weight excluding hydrogens is 370 g/mol. The Kier molecular flexibility index (Phi) is 5.85. The van der Waals surface area contributed by atoms with Gasteiger partial charge < -0.3 is 14.2 Å². The van der Waals surface area contributed by atoms with Gasteiger partial charge in [0.25, 0.3) is 0 Å². The molecular formula is C22H27N3O4. The lowest BCUT2D eigenvalue weighted by atomic mass is 9.78. The molecule has 0 saturated carbocycles. The first-order valence-corrected chi connectivity index (χ1v) is 10.0. The lowest BCUT2D eigenvalue weighted by Crippen LogP contribution is -2.60. The highest BCUT2D eigenvalue weighted by molar-refractivity contribution is 5.87. The van der Waals surface area contributed by atoms with Crippen molar-refractivity contribution in [2.24, 2.45) is 5.92 Å². The number of anilines is 1. The minimum atomic E-state index is -0.455. The molecule has 3 saturated heterocycles. The van der Waals surface area contributed by atoms with Crippen molar-refractivity contribution in [2.45, 2.75) is 31.4 Å². The molecule has 2 bridgehead atoms. The summed E-state index contributed by atoms with van der Waals surface area (Å²) in [5.41, 5.74) is 1.72. The number of methoxy groups -OCH3 is 2. The number of pyridine rings is 1. The molecule has 1 N–H and O–H groups in total. The number of fused-ring (bicyclic) bond motifs is 3. The van der Waals surface area contributed by atoms with E-state index < -0.39 is 6.09 Å². The highest BCUT2D eigenvalue weighted by Crippen LogP contribution is 2.36. The lowest BCUT2D eigenvalue weighted by Gasteiger charge is -2.50. The number of piperidine rings is 3. The Bertz CT molecular complexity index is 837. The van der Waals surface area contributed by atoms with Gasteiger partial charge >= 0.3 is 6.09 Å². The molecule has 2 atom stereocenters. The Morgan fingerprint density at radius 2 is 2.03 bits per heavy atom. The van der Waals surface area contributed by atoms with Crippen molar-refractivity contribution in [1.82, 2.24) is 9.88 Å². The van der Waals surface area contributed by atoms with Gasteiger partial charge in [-0.2, -0.15) is 0 Å². The van der Waals surface area contributed by atoms with Gasteiger partial charge in [-0.1, -0.05) is 6.07 Å². The number of amides is 1. The molecule has 7 nitrogen and oxygen atoms in total. The molecule has 29 heavy (non-hydrogen) atoms. The number of aromatic nitrogens is 1. The monoisotopic (exact) mass is 397 g/mol. The van der Waals surface area contributed by atoms with Gasteiger partial charge in [0.15, 0.2) is 0 Å². The Morgan fingerprint density at radius 1 is 1.21 bits per heavy atom. The van der Waals surface area contributed by atoms with Crippen molar-refractivity contribution in [2.75, 3.05) is 32.6 Å². The van der Waals surface area contributed by atoms with Crippen LogP contribution < -0.4 is 14.8 Å². The smallest absolute Gasteiger partial charge is 0.412 e. The fourth-order valence-corrected chi connectivity index (χ4v) is 4.45. The summed E-state index contributed by atoms with van der Waals surface area (Å²) in [7, 11) is 3.15. The van der Waals surface area contributed by atoms with Crippen molar-refractivity contribution in [3.05, 3.63) is 48.3 Å². The molecule has 154 valence electrons. The summed E-state index contributed by atoms with van der Waals surface area (Å²) in [5, 5.41) is 2.83. The molecule has 3 aliphatic rings. The van der Waals surface area contributed by atoms with E-state index in [-0.39, 0.29) is 12.1 Å². The molecule has 3 fully saturated rings. The second-order valence-corrected chi connectivity index (χ2v) is 7.57. The summed E-state index contributed by atoms with van der Waals surface area (Å²) in [4.78, 5) is 19.4. The fourth-order valence-electron chi connectivity index (χ4n) is 4.45. The van der Waals surface area contributed by atoms with Crippen molar-refractivity contribution >= 4 is 11.8 Å². The standard InChI is InChI=1S/C22H27N3O4/c1-27-17-5-6-18(20(13-17)28-2)24-22(26)29-21-16-7-10-25(11-8-16)19(21)12-15-4-3-9-23-14-15/h3-6,9,13-14,16,19,21H,7-8,10-12H2,1-2H3,(H,24,26)/t19-,21-/m1/s1. The van der Waals surface area contributed by atoms with Crippen LogP contribution in [0, 0.1) is 5.92 Å². The van der Waals surface area contributed by atoms with Crippen molar-refractivity contribution < 1.29 is 19.0 Å². The van der Waals surface area contributed by atoms with Crippen LogP contribution in [0.3, 0.4) is 0 Å². The number of hydrogen-bond acceptors (Lipinski definition) is 6. The van der Waals surface area contributed by atoms with E-state index in [4.69, 9.17) is 14.2 Å². The molecule has 0 unspecified atom stereocenters. The van der Waals surface area contributed by atoms with Crippen molar-refractivity contribution in [1.29, 1.82) is 0 Å². The van der Waals surface area contributed by atoms with Crippen LogP contribution in [-0.2, 0) is 11.2 Å². The van der Waals surface area contributed by atoms with Crippen LogP contribution in [0.4, 0.5) is 10.5 Å². The number of hydrogen-bond donors (Lipinski definition) is 1. The fraction of sp³-hybridized carbons (Fsp3) is 0.455. The average molecular weight is 397 g/mol. The maximum absolute atomic E-state index is 12.7. The van der Waals surface area contributed by atoms with Crippen LogP contribution in [0.5, 0.6) is 11.5 Å². The van der Waals surface area contributed by atoms with Gasteiger partial charge in [-0.3, -0.25) is 15.2 Å². The van der Waals surface area contributed by atoms with E-state index in [2.05, 4.69) is 21.3 Å². The predicted octanol–water partition coefficient (Wildman–Crippen LogP) is 3.35. The zero-order chi connectivity index (χ0) is 20.2. The van der Waals surface area contributed by atoms with Gasteiger partial charge in [-0.05, 0) is 56.1 Å². The van der Waals surface area contributed by atoms with Crippen LogP contribution in [0.15, 0.2) is 42.7 Å². The average Bonchev–Trinajstić information content (AvgIpc) is 2.77. The Labute approximate surface area is 171 Å². The number of carbonyl (C=O) groups is 1. The molecule has 7 heteroatoms. The molecule has 0 spiro atoms. The van der Waals surface area contributed by atoms with Gasteiger partial charge in [0.05, 0.1) is 25.9 Å². The number of rotatable bonds is 6. The first-order valence-electron chi connectivity index (χ1n) is 10.0. The highest BCUT2D eigenvalue weighted by Gasteiger charge is 2.44. The van der Waals surface area contributed by atoms with Crippen molar-refractivity contribution in [3.63, 3.8) is 0 Å². The SMILES string of the molecule is COc1ccc(NC(=O)O[C@@H]2C3CCN(CC3)[C@@H]2Cc2cccnc2)c(OC)c1. The van der Waals surface area contributed by atoms with Crippen LogP contribution in [0.1, 0.15) is 18.4 Å². The zero-order valence-corrected chi connectivity index (χ0v) is 16.8. The van der Waals surface area contributed by atoms with Crippen molar-refractivity contribution in [3.8, 4) is 11.5 Å². The number of nitrogens with zero attached hydrogens (tertiary/aromatic N) is 2. The normalized spacial score (nSPS) is 25.3. The molecule has 2 aromatic rings. The lowest BCUT2D eigenvalue weighted by molar-refractivity contribution is -0.0741. The zero-order valence-electron chi connectivity index (χ0n) is 16.8. The van der Waals surface area contributed by atoms with E-state index in [1.807, 2.05) is 12.3 Å². The van der Waals surface area contributed by atoms with Gasteiger partial charge in [-0.25, -0.2) is 4.79 Å². The Balaban J connectivity index is 1.47. The molecule has 0 aliphatic carbocycles.